The van der Waals surface area contributed by atoms with E-state index in [1.165, 1.54) is 0 Å². The number of carbonyl (C=O) groups is 2. The molecule has 0 radical (unpaired) electrons. The van der Waals surface area contributed by atoms with Crippen LogP contribution in [0.1, 0.15) is 76.7 Å². The Hall–Kier alpha value is -3.91. The SMILES string of the molecule is CCN(c1cc(-c2ccc(C(=O)NC(C)C)cc2)cc(C(=O)NCc2c(C)cc(C)[nH]c2=O)c1C)C1CCOCC1. The van der Waals surface area contributed by atoms with Gasteiger partial charge in [-0.25, -0.2) is 0 Å². The quantitative estimate of drug-likeness (QED) is 0.341. The Bertz CT molecular complexity index is 1450. The number of aryl methyl sites for hydroxylation is 2. The standard InChI is InChI=1S/C33H42N4O4/c1-7-37(27-12-14-41-15-13-27)30-18-26(24-8-10-25(11-9-24)31(38)35-20(2)3)17-28(23(30)6)32(39)34-19-29-21(4)16-22(5)36-33(29)40/h8-11,16-18,20,27H,7,12-15,19H2,1-6H3,(H,34,39)(H,35,38)(H,36,40). The molecule has 0 bridgehead atoms. The fourth-order valence-electron chi connectivity index (χ4n) is 5.55. The minimum atomic E-state index is -0.235. The van der Waals surface area contributed by atoms with E-state index >= 15 is 0 Å². The minimum Gasteiger partial charge on any atom is -0.381 e. The third-order valence-electron chi connectivity index (χ3n) is 7.73. The largest absolute Gasteiger partial charge is 0.381 e. The van der Waals surface area contributed by atoms with Crippen LogP contribution in [-0.2, 0) is 11.3 Å². The van der Waals surface area contributed by atoms with E-state index in [9.17, 15) is 14.4 Å². The lowest BCUT2D eigenvalue weighted by atomic mass is 9.94. The molecule has 0 atom stereocenters. The average Bonchev–Trinajstić information content (AvgIpc) is 2.94. The highest BCUT2D eigenvalue weighted by atomic mass is 16.5. The second kappa shape index (κ2) is 13.2. The van der Waals surface area contributed by atoms with Crippen molar-refractivity contribution in [3.63, 3.8) is 0 Å². The number of nitrogens with one attached hydrogen (secondary N) is 3. The highest BCUT2D eigenvalue weighted by Gasteiger charge is 2.25. The molecular formula is C33H42N4O4. The number of hydrogen-bond donors (Lipinski definition) is 3. The molecule has 0 saturated carbocycles. The summed E-state index contributed by atoms with van der Waals surface area (Å²) in [7, 11) is 0. The first-order valence-electron chi connectivity index (χ1n) is 14.5. The first-order valence-corrected chi connectivity index (χ1v) is 14.5. The first-order chi connectivity index (χ1) is 19.6. The van der Waals surface area contributed by atoms with Crippen molar-refractivity contribution in [2.75, 3.05) is 24.7 Å². The number of aromatic nitrogens is 1. The van der Waals surface area contributed by atoms with E-state index < -0.39 is 0 Å². The van der Waals surface area contributed by atoms with Crippen LogP contribution in [0.15, 0.2) is 47.3 Å². The van der Waals surface area contributed by atoms with E-state index in [1.54, 1.807) is 0 Å². The summed E-state index contributed by atoms with van der Waals surface area (Å²) >= 11 is 0. The summed E-state index contributed by atoms with van der Waals surface area (Å²) in [5, 5.41) is 5.91. The predicted octanol–water partition coefficient (Wildman–Crippen LogP) is 5.04. The maximum Gasteiger partial charge on any atom is 0.253 e. The lowest BCUT2D eigenvalue weighted by Crippen LogP contribution is -2.40. The predicted molar refractivity (Wildman–Crippen MR) is 164 cm³/mol. The number of anilines is 1. The summed E-state index contributed by atoms with van der Waals surface area (Å²) in [5.41, 5.74) is 6.84. The lowest BCUT2D eigenvalue weighted by molar-refractivity contribution is 0.0845. The van der Waals surface area contributed by atoms with Crippen LogP contribution in [0.25, 0.3) is 11.1 Å². The third-order valence-corrected chi connectivity index (χ3v) is 7.73. The Kier molecular flexibility index (Phi) is 9.65. The second-order valence-electron chi connectivity index (χ2n) is 11.1. The average molecular weight is 559 g/mol. The van der Waals surface area contributed by atoms with Crippen LogP contribution in [0.4, 0.5) is 5.69 Å². The van der Waals surface area contributed by atoms with Crippen LogP contribution < -0.4 is 21.1 Å². The molecule has 2 aromatic carbocycles. The van der Waals surface area contributed by atoms with Crippen LogP contribution >= 0.6 is 0 Å². The molecule has 3 aromatic rings. The van der Waals surface area contributed by atoms with Crippen molar-refractivity contribution < 1.29 is 14.3 Å². The van der Waals surface area contributed by atoms with Crippen molar-refractivity contribution in [2.45, 2.75) is 73.0 Å². The molecule has 3 N–H and O–H groups in total. The van der Waals surface area contributed by atoms with Crippen LogP contribution in [0.3, 0.4) is 0 Å². The van der Waals surface area contributed by atoms with E-state index in [0.717, 1.165) is 66.2 Å². The Morgan fingerprint density at radius 1 is 1.00 bits per heavy atom. The molecule has 0 spiro atoms. The van der Waals surface area contributed by atoms with Gasteiger partial charge < -0.3 is 25.3 Å². The lowest BCUT2D eigenvalue weighted by Gasteiger charge is -2.37. The fourth-order valence-corrected chi connectivity index (χ4v) is 5.55. The Labute approximate surface area is 242 Å². The summed E-state index contributed by atoms with van der Waals surface area (Å²) in [4.78, 5) is 43.9. The summed E-state index contributed by atoms with van der Waals surface area (Å²) in [6.07, 6.45) is 1.85. The number of pyridine rings is 1. The normalized spacial score (nSPS) is 13.7. The van der Waals surface area contributed by atoms with Crippen molar-refractivity contribution in [3.8, 4) is 11.1 Å². The number of hydrogen-bond acceptors (Lipinski definition) is 5. The molecule has 8 nitrogen and oxygen atoms in total. The van der Waals surface area contributed by atoms with Crippen molar-refractivity contribution in [1.82, 2.24) is 15.6 Å². The van der Waals surface area contributed by atoms with Crippen molar-refractivity contribution in [1.29, 1.82) is 0 Å². The van der Waals surface area contributed by atoms with Gasteiger partial charge in [0.2, 0.25) is 0 Å². The summed E-state index contributed by atoms with van der Waals surface area (Å²) in [6, 6.07) is 13.8. The molecule has 1 aromatic heterocycles. The van der Waals surface area contributed by atoms with Crippen LogP contribution in [0.2, 0.25) is 0 Å². The number of nitrogens with zero attached hydrogens (tertiary/aromatic N) is 1. The Morgan fingerprint density at radius 2 is 1.68 bits per heavy atom. The van der Waals surface area contributed by atoms with Gasteiger partial charge in [-0.1, -0.05) is 12.1 Å². The van der Waals surface area contributed by atoms with Crippen LogP contribution in [0, 0.1) is 20.8 Å². The first kappa shape index (κ1) is 30.1. The van der Waals surface area contributed by atoms with E-state index in [-0.39, 0.29) is 30.0 Å². The molecule has 1 fully saturated rings. The van der Waals surface area contributed by atoms with E-state index in [2.05, 4.69) is 33.5 Å². The van der Waals surface area contributed by atoms with Crippen LogP contribution in [-0.4, -0.2) is 48.6 Å². The number of carbonyl (C=O) groups excluding carboxylic acids is 2. The summed E-state index contributed by atoms with van der Waals surface area (Å²) in [5.74, 6) is -0.352. The van der Waals surface area contributed by atoms with Gasteiger partial charge in [0.15, 0.2) is 0 Å². The fraction of sp³-hybridized carbons (Fsp3) is 0.424. The van der Waals surface area contributed by atoms with Gasteiger partial charge >= 0.3 is 0 Å². The molecule has 41 heavy (non-hydrogen) atoms. The Balaban J connectivity index is 1.72. The number of ether oxygens (including phenoxy) is 1. The highest BCUT2D eigenvalue weighted by Crippen LogP contribution is 2.34. The molecule has 0 aliphatic carbocycles. The Morgan fingerprint density at radius 3 is 2.29 bits per heavy atom. The van der Waals surface area contributed by atoms with E-state index in [4.69, 9.17) is 4.74 Å². The van der Waals surface area contributed by atoms with Gasteiger partial charge in [-0.15, -0.1) is 0 Å². The van der Waals surface area contributed by atoms with Gasteiger partial charge in [0.05, 0.1) is 0 Å². The number of aromatic amines is 1. The van der Waals surface area contributed by atoms with E-state index in [0.29, 0.717) is 22.7 Å². The second-order valence-corrected chi connectivity index (χ2v) is 11.1. The highest BCUT2D eigenvalue weighted by molar-refractivity contribution is 5.99. The molecule has 1 saturated heterocycles. The maximum absolute atomic E-state index is 13.7. The van der Waals surface area contributed by atoms with Gasteiger partial charge in [0.25, 0.3) is 17.4 Å². The number of amides is 2. The van der Waals surface area contributed by atoms with E-state index in [1.807, 2.05) is 71.0 Å². The van der Waals surface area contributed by atoms with Crippen molar-refractivity contribution >= 4 is 17.5 Å². The zero-order valence-electron chi connectivity index (χ0n) is 25.0. The summed E-state index contributed by atoms with van der Waals surface area (Å²) < 4.78 is 5.62. The molecule has 2 amide bonds. The molecule has 218 valence electrons. The molecule has 4 rings (SSSR count). The molecule has 0 unspecified atom stereocenters. The van der Waals surface area contributed by atoms with Crippen molar-refractivity contribution in [2.24, 2.45) is 0 Å². The molecular weight excluding hydrogens is 516 g/mol. The topological polar surface area (TPSA) is 104 Å². The molecule has 2 heterocycles. The molecule has 8 heteroatoms. The number of H-pyrrole nitrogens is 1. The van der Waals surface area contributed by atoms with Crippen LogP contribution in [0.5, 0.6) is 0 Å². The smallest absolute Gasteiger partial charge is 0.253 e. The number of rotatable bonds is 9. The maximum atomic E-state index is 13.7. The zero-order valence-corrected chi connectivity index (χ0v) is 25.0. The van der Waals surface area contributed by atoms with Crippen molar-refractivity contribution in [3.05, 3.63) is 86.3 Å². The summed E-state index contributed by atoms with van der Waals surface area (Å²) in [6.45, 7) is 14.1. The monoisotopic (exact) mass is 558 g/mol. The van der Waals surface area contributed by atoms with Gasteiger partial charge in [0.1, 0.15) is 0 Å². The van der Waals surface area contributed by atoms with Gasteiger partial charge in [-0.3, -0.25) is 14.4 Å². The van der Waals surface area contributed by atoms with Gasteiger partial charge in [-0.05, 0) is 107 Å². The minimum absolute atomic E-state index is 0.0485. The van der Waals surface area contributed by atoms with Gasteiger partial charge in [-0.2, -0.15) is 0 Å². The third kappa shape index (κ3) is 7.06. The molecule has 1 aliphatic rings. The zero-order chi connectivity index (χ0) is 29.7. The molecule has 1 aliphatic heterocycles. The number of benzene rings is 2. The van der Waals surface area contributed by atoms with Gasteiger partial charge in [0, 0.05) is 66.5 Å².